The fourth-order valence-electron chi connectivity index (χ4n) is 3.14. The highest BCUT2D eigenvalue weighted by Crippen LogP contribution is 2.33. The third kappa shape index (κ3) is 3.66. The number of methoxy groups -OCH3 is 2. The summed E-state index contributed by atoms with van der Waals surface area (Å²) >= 11 is 1.63. The molecule has 0 saturated carbocycles. The predicted octanol–water partition coefficient (Wildman–Crippen LogP) is 4.27. The maximum atomic E-state index is 12.9. The third-order valence-corrected chi connectivity index (χ3v) is 5.50. The molecule has 4 aromatic rings. The number of benzene rings is 2. The number of nitrogens with one attached hydrogen (secondary N) is 1. The van der Waals surface area contributed by atoms with E-state index in [1.165, 1.54) is 0 Å². The molecule has 1 N–H and O–H groups in total. The van der Waals surface area contributed by atoms with Gasteiger partial charge in [0.15, 0.2) is 0 Å². The number of anilines is 1. The third-order valence-electron chi connectivity index (χ3n) is 4.55. The minimum atomic E-state index is -0.251. The molecule has 0 unspecified atom stereocenters. The van der Waals surface area contributed by atoms with Crippen molar-refractivity contribution in [2.24, 2.45) is 7.05 Å². The lowest BCUT2D eigenvalue weighted by molar-refractivity contribution is 0.101. The van der Waals surface area contributed by atoms with Crippen LogP contribution >= 0.6 is 11.3 Å². The molecule has 0 saturated heterocycles. The van der Waals surface area contributed by atoms with E-state index in [0.29, 0.717) is 28.6 Å². The minimum absolute atomic E-state index is 0.251. The molecule has 7 nitrogen and oxygen atoms in total. The Morgan fingerprint density at radius 2 is 1.93 bits per heavy atom. The molecule has 2 aromatic carbocycles. The number of thiazole rings is 1. The smallest absolute Gasteiger partial charge is 0.273 e. The van der Waals surface area contributed by atoms with E-state index >= 15 is 0 Å². The van der Waals surface area contributed by atoms with Crippen LogP contribution in [0.1, 0.15) is 15.5 Å². The van der Waals surface area contributed by atoms with Crippen LogP contribution in [0.4, 0.5) is 5.69 Å². The summed E-state index contributed by atoms with van der Waals surface area (Å²) in [7, 11) is 4.93. The van der Waals surface area contributed by atoms with Gasteiger partial charge in [-0.05, 0) is 49.4 Å². The number of aromatic nitrogens is 3. The highest BCUT2D eigenvalue weighted by molar-refractivity contribution is 7.18. The zero-order valence-corrected chi connectivity index (χ0v) is 17.3. The second-order valence-corrected chi connectivity index (χ2v) is 7.71. The summed E-state index contributed by atoms with van der Waals surface area (Å²) in [5.74, 6) is 1.09. The normalized spacial score (nSPS) is 10.9. The zero-order valence-electron chi connectivity index (χ0n) is 16.5. The van der Waals surface area contributed by atoms with E-state index in [1.54, 1.807) is 43.4 Å². The molecule has 1 amide bonds. The van der Waals surface area contributed by atoms with Crippen LogP contribution < -0.4 is 14.8 Å². The Kier molecular flexibility index (Phi) is 4.94. The molecule has 0 fully saturated rings. The Morgan fingerprint density at radius 1 is 1.10 bits per heavy atom. The minimum Gasteiger partial charge on any atom is -0.497 e. The second-order valence-electron chi connectivity index (χ2n) is 6.47. The van der Waals surface area contributed by atoms with Gasteiger partial charge in [-0.1, -0.05) is 0 Å². The first kappa shape index (κ1) is 18.9. The molecule has 148 valence electrons. The van der Waals surface area contributed by atoms with Crippen LogP contribution in [0.3, 0.4) is 0 Å². The zero-order chi connectivity index (χ0) is 20.5. The highest BCUT2D eigenvalue weighted by Gasteiger charge is 2.18. The molecule has 8 heteroatoms. The van der Waals surface area contributed by atoms with Crippen LogP contribution in [0.15, 0.2) is 42.5 Å². The Balaban J connectivity index is 1.64. The Morgan fingerprint density at radius 3 is 2.69 bits per heavy atom. The van der Waals surface area contributed by atoms with Gasteiger partial charge < -0.3 is 14.8 Å². The molecular formula is C21H20N4O3S. The van der Waals surface area contributed by atoms with Gasteiger partial charge in [0.25, 0.3) is 5.91 Å². The molecule has 2 aromatic heterocycles. The van der Waals surface area contributed by atoms with Gasteiger partial charge in [0.1, 0.15) is 17.2 Å². The van der Waals surface area contributed by atoms with Crippen molar-refractivity contribution in [1.82, 2.24) is 14.8 Å². The summed E-state index contributed by atoms with van der Waals surface area (Å²) < 4.78 is 13.4. The number of rotatable bonds is 5. The fraction of sp³-hybridized carbons (Fsp3) is 0.190. The Hall–Kier alpha value is -3.39. The van der Waals surface area contributed by atoms with Crippen LogP contribution in [0.2, 0.25) is 0 Å². The number of carbonyl (C=O) groups is 1. The van der Waals surface area contributed by atoms with Crippen molar-refractivity contribution >= 4 is 33.1 Å². The lowest BCUT2D eigenvalue weighted by Crippen LogP contribution is -2.15. The number of ether oxygens (including phenoxy) is 2. The van der Waals surface area contributed by atoms with Crippen molar-refractivity contribution in [2.75, 3.05) is 19.5 Å². The summed E-state index contributed by atoms with van der Waals surface area (Å²) in [6.45, 7) is 1.97. The monoisotopic (exact) mass is 408 g/mol. The van der Waals surface area contributed by atoms with E-state index in [1.807, 2.05) is 43.3 Å². The molecule has 0 aliphatic carbocycles. The van der Waals surface area contributed by atoms with Gasteiger partial charge in [-0.2, -0.15) is 5.10 Å². The van der Waals surface area contributed by atoms with Crippen LogP contribution in [0, 0.1) is 6.92 Å². The number of hydrogen-bond acceptors (Lipinski definition) is 6. The summed E-state index contributed by atoms with van der Waals surface area (Å²) in [4.78, 5) is 17.3. The van der Waals surface area contributed by atoms with Crippen LogP contribution in [-0.2, 0) is 7.05 Å². The SMILES string of the molecule is COc1ccc(OC)c(-c2cc(C(=O)Nc3ccc4sc(C)nc4c3)n(C)n2)c1. The molecule has 0 bridgehead atoms. The number of amides is 1. The maximum absolute atomic E-state index is 12.9. The van der Waals surface area contributed by atoms with Crippen molar-refractivity contribution < 1.29 is 14.3 Å². The Labute approximate surface area is 171 Å². The van der Waals surface area contributed by atoms with Crippen LogP contribution in [0.5, 0.6) is 11.5 Å². The first-order valence-electron chi connectivity index (χ1n) is 8.93. The molecule has 0 spiro atoms. The van der Waals surface area contributed by atoms with Crippen LogP contribution in [0.25, 0.3) is 21.5 Å². The highest BCUT2D eigenvalue weighted by atomic mass is 32.1. The summed E-state index contributed by atoms with van der Waals surface area (Å²) in [5.41, 5.74) is 3.37. The number of fused-ring (bicyclic) bond motifs is 1. The molecule has 0 aliphatic heterocycles. The number of hydrogen-bond donors (Lipinski definition) is 1. The molecule has 29 heavy (non-hydrogen) atoms. The first-order valence-corrected chi connectivity index (χ1v) is 9.75. The standard InChI is InChI=1S/C21H20N4O3S/c1-12-22-17-9-13(5-8-20(17)29-12)23-21(26)18-11-16(24-25(18)2)15-10-14(27-3)6-7-19(15)28-4/h5-11H,1-4H3,(H,23,26). The quantitative estimate of drug-likeness (QED) is 0.533. The van der Waals surface area contributed by atoms with E-state index in [9.17, 15) is 4.79 Å². The molecule has 0 aliphatic rings. The molecular weight excluding hydrogens is 388 g/mol. The topological polar surface area (TPSA) is 78.3 Å². The molecule has 0 radical (unpaired) electrons. The van der Waals surface area contributed by atoms with Crippen molar-refractivity contribution in [2.45, 2.75) is 6.92 Å². The van der Waals surface area contributed by atoms with Crippen molar-refractivity contribution in [3.8, 4) is 22.8 Å². The van der Waals surface area contributed by atoms with Gasteiger partial charge >= 0.3 is 0 Å². The van der Waals surface area contributed by atoms with Gasteiger partial charge in [0.05, 0.1) is 35.1 Å². The Bertz CT molecular complexity index is 1210. The maximum Gasteiger partial charge on any atom is 0.273 e. The largest absolute Gasteiger partial charge is 0.497 e. The van der Waals surface area contributed by atoms with Gasteiger partial charge in [-0.15, -0.1) is 11.3 Å². The summed E-state index contributed by atoms with van der Waals surface area (Å²) in [6, 6.07) is 12.9. The summed E-state index contributed by atoms with van der Waals surface area (Å²) in [5, 5.41) is 8.41. The van der Waals surface area contributed by atoms with E-state index in [0.717, 1.165) is 20.8 Å². The lowest BCUT2D eigenvalue weighted by Gasteiger charge is -2.08. The van der Waals surface area contributed by atoms with Gasteiger partial charge in [0.2, 0.25) is 0 Å². The number of carbonyl (C=O) groups excluding carboxylic acids is 1. The van der Waals surface area contributed by atoms with Gasteiger partial charge in [-0.25, -0.2) is 4.98 Å². The lowest BCUT2D eigenvalue weighted by atomic mass is 10.1. The first-order chi connectivity index (χ1) is 14.0. The average molecular weight is 408 g/mol. The number of aryl methyl sites for hydroxylation is 2. The molecule has 2 heterocycles. The summed E-state index contributed by atoms with van der Waals surface area (Å²) in [6.07, 6.45) is 0. The number of nitrogens with zero attached hydrogens (tertiary/aromatic N) is 3. The van der Waals surface area contributed by atoms with E-state index in [-0.39, 0.29) is 5.91 Å². The van der Waals surface area contributed by atoms with Crippen molar-refractivity contribution in [3.05, 3.63) is 53.2 Å². The molecule has 0 atom stereocenters. The average Bonchev–Trinajstić information content (AvgIpc) is 3.28. The van der Waals surface area contributed by atoms with Gasteiger partial charge in [0, 0.05) is 18.3 Å². The van der Waals surface area contributed by atoms with E-state index < -0.39 is 0 Å². The van der Waals surface area contributed by atoms with Crippen molar-refractivity contribution in [1.29, 1.82) is 0 Å². The molecule has 4 rings (SSSR count). The van der Waals surface area contributed by atoms with E-state index in [4.69, 9.17) is 9.47 Å². The van der Waals surface area contributed by atoms with Crippen molar-refractivity contribution in [3.63, 3.8) is 0 Å². The van der Waals surface area contributed by atoms with Crippen LogP contribution in [-0.4, -0.2) is 34.9 Å². The second kappa shape index (κ2) is 7.56. The van der Waals surface area contributed by atoms with Gasteiger partial charge in [-0.3, -0.25) is 9.48 Å². The fourth-order valence-corrected chi connectivity index (χ4v) is 3.95. The van der Waals surface area contributed by atoms with E-state index in [2.05, 4.69) is 15.4 Å². The predicted molar refractivity (Wildman–Crippen MR) is 114 cm³/mol.